The van der Waals surface area contributed by atoms with E-state index < -0.39 is 22.1 Å². The maximum atomic E-state index is 12.9. The van der Waals surface area contributed by atoms with E-state index in [1.807, 2.05) is 0 Å². The van der Waals surface area contributed by atoms with Gasteiger partial charge in [-0.3, -0.25) is 14.5 Å². The van der Waals surface area contributed by atoms with Crippen LogP contribution in [0.1, 0.15) is 35.8 Å². The second-order valence-corrected chi connectivity index (χ2v) is 10.2. The first-order chi connectivity index (χ1) is 15.6. The normalized spacial score (nSPS) is 17.9. The fourth-order valence-electron chi connectivity index (χ4n) is 3.70. The SMILES string of the molecule is CC(=O)Nc1cccc(C#CCN2c3nc(S(=O)(=O)CC4CC4)n(C)c3C(=O)N(C)C2O)c1. The minimum atomic E-state index is -3.68. The van der Waals surface area contributed by atoms with Crippen LogP contribution in [0.2, 0.25) is 0 Å². The van der Waals surface area contributed by atoms with E-state index in [2.05, 4.69) is 22.1 Å². The summed E-state index contributed by atoms with van der Waals surface area (Å²) < 4.78 is 27.0. The van der Waals surface area contributed by atoms with Crippen LogP contribution in [-0.2, 0) is 21.7 Å². The third-order valence-electron chi connectivity index (χ3n) is 5.55. The Bertz CT molecular complexity index is 1290. The number of aliphatic hydroxyl groups is 1. The highest BCUT2D eigenvalue weighted by Gasteiger charge is 2.41. The van der Waals surface area contributed by atoms with Gasteiger partial charge in [0.05, 0.1) is 12.3 Å². The van der Waals surface area contributed by atoms with E-state index in [-0.39, 0.29) is 40.8 Å². The van der Waals surface area contributed by atoms with Gasteiger partial charge in [-0.2, -0.15) is 4.98 Å². The van der Waals surface area contributed by atoms with Gasteiger partial charge in [0.2, 0.25) is 27.3 Å². The zero-order valence-electron chi connectivity index (χ0n) is 18.6. The number of aromatic nitrogens is 2. The lowest BCUT2D eigenvalue weighted by molar-refractivity contribution is -0.114. The van der Waals surface area contributed by atoms with Crippen LogP contribution in [0.3, 0.4) is 0 Å². The average molecular weight is 472 g/mol. The number of carbonyl (C=O) groups is 2. The lowest BCUT2D eigenvalue weighted by Crippen LogP contribution is -2.54. The van der Waals surface area contributed by atoms with Crippen LogP contribution in [0.25, 0.3) is 0 Å². The van der Waals surface area contributed by atoms with Crippen molar-refractivity contribution in [1.82, 2.24) is 14.5 Å². The number of aliphatic hydroxyl groups excluding tert-OH is 1. The van der Waals surface area contributed by atoms with E-state index >= 15 is 0 Å². The molecule has 0 bridgehead atoms. The number of imidazole rings is 1. The van der Waals surface area contributed by atoms with Crippen molar-refractivity contribution < 1.29 is 23.1 Å². The van der Waals surface area contributed by atoms with Crippen LogP contribution in [0.5, 0.6) is 0 Å². The van der Waals surface area contributed by atoms with Gasteiger partial charge < -0.3 is 19.9 Å². The van der Waals surface area contributed by atoms with Gasteiger partial charge in [0.1, 0.15) is 0 Å². The molecule has 0 spiro atoms. The molecule has 2 aromatic rings. The Labute approximate surface area is 192 Å². The summed E-state index contributed by atoms with van der Waals surface area (Å²) in [5, 5.41) is 13.2. The molecule has 0 saturated heterocycles. The van der Waals surface area contributed by atoms with Crippen molar-refractivity contribution in [1.29, 1.82) is 0 Å². The van der Waals surface area contributed by atoms with Crippen molar-refractivity contribution in [3.8, 4) is 11.8 Å². The van der Waals surface area contributed by atoms with Crippen LogP contribution in [0.15, 0.2) is 29.4 Å². The van der Waals surface area contributed by atoms with E-state index in [1.54, 1.807) is 24.3 Å². The zero-order valence-corrected chi connectivity index (χ0v) is 19.4. The highest BCUT2D eigenvalue weighted by atomic mass is 32.2. The number of nitrogens with one attached hydrogen (secondary N) is 1. The van der Waals surface area contributed by atoms with E-state index in [4.69, 9.17) is 0 Å². The molecule has 11 heteroatoms. The third kappa shape index (κ3) is 4.58. The van der Waals surface area contributed by atoms with Crippen LogP contribution in [0, 0.1) is 17.8 Å². The first-order valence-electron chi connectivity index (χ1n) is 10.5. The topological polar surface area (TPSA) is 125 Å². The number of benzene rings is 1. The first kappa shape index (κ1) is 22.8. The molecule has 1 saturated carbocycles. The predicted molar refractivity (Wildman–Crippen MR) is 121 cm³/mol. The van der Waals surface area contributed by atoms with Gasteiger partial charge in [0, 0.05) is 32.3 Å². The largest absolute Gasteiger partial charge is 0.356 e. The summed E-state index contributed by atoms with van der Waals surface area (Å²) in [6.45, 7) is 1.41. The van der Waals surface area contributed by atoms with Crippen molar-refractivity contribution in [2.24, 2.45) is 13.0 Å². The number of rotatable bonds is 5. The number of carbonyl (C=O) groups excluding carboxylic acids is 2. The molecule has 1 aromatic heterocycles. The highest BCUT2D eigenvalue weighted by molar-refractivity contribution is 7.91. The Morgan fingerprint density at radius 2 is 2.03 bits per heavy atom. The maximum Gasteiger partial charge on any atom is 0.277 e. The van der Waals surface area contributed by atoms with Crippen molar-refractivity contribution in [3.63, 3.8) is 0 Å². The number of hydrogen-bond acceptors (Lipinski definition) is 7. The quantitative estimate of drug-likeness (QED) is 0.618. The molecule has 2 heterocycles. The monoisotopic (exact) mass is 471 g/mol. The van der Waals surface area contributed by atoms with Crippen LogP contribution < -0.4 is 10.2 Å². The Hall–Kier alpha value is -3.36. The second kappa shape index (κ2) is 8.53. The molecule has 0 radical (unpaired) electrons. The number of hydrogen-bond donors (Lipinski definition) is 2. The minimum absolute atomic E-state index is 0.00469. The standard InChI is InChI=1S/C22H25N5O5S/c1-14(28)23-17-8-4-6-15(12-17)7-5-11-27-19-18(20(29)26(3)22(27)30)25(2)21(24-19)33(31,32)13-16-9-10-16/h4,6,8,12,16,22,30H,9-11,13H2,1-3H3,(H,23,28). The van der Waals surface area contributed by atoms with Gasteiger partial charge >= 0.3 is 0 Å². The minimum Gasteiger partial charge on any atom is -0.356 e. The fraction of sp³-hybridized carbons (Fsp3) is 0.409. The summed E-state index contributed by atoms with van der Waals surface area (Å²) in [4.78, 5) is 30.8. The summed E-state index contributed by atoms with van der Waals surface area (Å²) in [6, 6.07) is 6.98. The first-order valence-corrected chi connectivity index (χ1v) is 12.1. The summed E-state index contributed by atoms with van der Waals surface area (Å²) in [5.41, 5.74) is 1.34. The van der Waals surface area contributed by atoms with Gasteiger partial charge in [0.15, 0.2) is 11.5 Å². The summed E-state index contributed by atoms with van der Waals surface area (Å²) in [6.07, 6.45) is 0.391. The van der Waals surface area contributed by atoms with Gasteiger partial charge in [-0.1, -0.05) is 17.9 Å². The Kier molecular flexibility index (Phi) is 5.90. The van der Waals surface area contributed by atoms with Crippen molar-refractivity contribution >= 4 is 33.2 Å². The molecule has 4 rings (SSSR count). The van der Waals surface area contributed by atoms with Crippen molar-refractivity contribution in [2.45, 2.75) is 31.3 Å². The van der Waals surface area contributed by atoms with E-state index in [0.717, 1.165) is 17.7 Å². The fourth-order valence-corrected chi connectivity index (χ4v) is 5.54. The zero-order chi connectivity index (χ0) is 23.9. The van der Waals surface area contributed by atoms with Crippen LogP contribution in [-0.4, -0.2) is 65.5 Å². The number of sulfone groups is 1. The molecule has 1 aromatic carbocycles. The van der Waals surface area contributed by atoms with E-state index in [1.165, 1.54) is 30.5 Å². The van der Waals surface area contributed by atoms with Crippen molar-refractivity contribution in [3.05, 3.63) is 35.5 Å². The Morgan fingerprint density at radius 3 is 2.70 bits per heavy atom. The number of nitrogens with zero attached hydrogens (tertiary/aromatic N) is 4. The molecule has 174 valence electrons. The molecule has 1 aliphatic carbocycles. The second-order valence-electron chi connectivity index (χ2n) is 8.30. The molecule has 33 heavy (non-hydrogen) atoms. The maximum absolute atomic E-state index is 12.9. The summed E-state index contributed by atoms with van der Waals surface area (Å²) in [5.74, 6) is 5.39. The molecule has 10 nitrogen and oxygen atoms in total. The molecular formula is C22H25N5O5S. The number of amides is 2. The average Bonchev–Trinajstić information content (AvgIpc) is 3.47. The van der Waals surface area contributed by atoms with Gasteiger partial charge in [-0.15, -0.1) is 0 Å². The Balaban J connectivity index is 1.65. The number of anilines is 2. The summed E-state index contributed by atoms with van der Waals surface area (Å²) in [7, 11) is -0.758. The molecule has 2 N–H and O–H groups in total. The lowest BCUT2D eigenvalue weighted by Gasteiger charge is -2.37. The van der Waals surface area contributed by atoms with E-state index in [9.17, 15) is 23.1 Å². The van der Waals surface area contributed by atoms with Crippen LogP contribution in [0.4, 0.5) is 11.5 Å². The molecule has 2 amide bonds. The third-order valence-corrected chi connectivity index (χ3v) is 7.38. The Morgan fingerprint density at radius 1 is 1.30 bits per heavy atom. The molecule has 1 unspecified atom stereocenters. The smallest absolute Gasteiger partial charge is 0.277 e. The molecular weight excluding hydrogens is 446 g/mol. The molecule has 1 atom stereocenters. The number of fused-ring (bicyclic) bond motifs is 1. The van der Waals surface area contributed by atoms with Crippen molar-refractivity contribution in [2.75, 3.05) is 29.6 Å². The highest BCUT2D eigenvalue weighted by Crippen LogP contribution is 2.35. The predicted octanol–water partition coefficient (Wildman–Crippen LogP) is 0.782. The molecule has 2 aliphatic rings. The van der Waals surface area contributed by atoms with Gasteiger partial charge in [-0.05, 0) is 37.0 Å². The van der Waals surface area contributed by atoms with Gasteiger partial charge in [0.25, 0.3) is 5.91 Å². The van der Waals surface area contributed by atoms with Gasteiger partial charge in [-0.25, -0.2) is 8.42 Å². The lowest BCUT2D eigenvalue weighted by atomic mass is 10.2. The summed E-state index contributed by atoms with van der Waals surface area (Å²) >= 11 is 0. The van der Waals surface area contributed by atoms with E-state index in [0.29, 0.717) is 11.3 Å². The molecule has 1 fully saturated rings. The molecule has 1 aliphatic heterocycles. The van der Waals surface area contributed by atoms with Crippen LogP contribution >= 0.6 is 0 Å².